The number of likely N-dealkylation sites (tertiary alicyclic amines) is 1. The number of nitrogens with two attached hydrogens (primary N) is 1. The SMILES string of the molecule is CC(Oc1cccc(F)c1C(N)=S)C(=O)N1CCCCC1. The zero-order chi connectivity index (χ0) is 15.4. The smallest absolute Gasteiger partial charge is 0.263 e. The van der Waals surface area contributed by atoms with Crippen molar-refractivity contribution in [1.29, 1.82) is 0 Å². The summed E-state index contributed by atoms with van der Waals surface area (Å²) in [5.41, 5.74) is 5.57. The second kappa shape index (κ2) is 6.85. The van der Waals surface area contributed by atoms with E-state index < -0.39 is 11.9 Å². The summed E-state index contributed by atoms with van der Waals surface area (Å²) >= 11 is 4.84. The molecule has 114 valence electrons. The maximum atomic E-state index is 13.8. The summed E-state index contributed by atoms with van der Waals surface area (Å²) in [7, 11) is 0. The molecule has 0 saturated carbocycles. The largest absolute Gasteiger partial charge is 0.480 e. The number of hydrogen-bond acceptors (Lipinski definition) is 3. The fraction of sp³-hybridized carbons (Fsp3) is 0.467. The molecule has 1 saturated heterocycles. The predicted octanol–water partition coefficient (Wildman–Crippen LogP) is 2.24. The second-order valence-electron chi connectivity index (χ2n) is 5.12. The van der Waals surface area contributed by atoms with Crippen LogP contribution in [0.4, 0.5) is 4.39 Å². The first kappa shape index (κ1) is 15.7. The van der Waals surface area contributed by atoms with Gasteiger partial charge in [0.1, 0.15) is 16.6 Å². The molecule has 1 fully saturated rings. The first-order valence-corrected chi connectivity index (χ1v) is 7.45. The van der Waals surface area contributed by atoms with Crippen molar-refractivity contribution in [2.45, 2.75) is 32.3 Å². The van der Waals surface area contributed by atoms with Crippen molar-refractivity contribution in [3.05, 3.63) is 29.6 Å². The topological polar surface area (TPSA) is 55.6 Å². The summed E-state index contributed by atoms with van der Waals surface area (Å²) in [5.74, 6) is -0.425. The van der Waals surface area contributed by atoms with Gasteiger partial charge in [-0.1, -0.05) is 18.3 Å². The highest BCUT2D eigenvalue weighted by atomic mass is 32.1. The highest BCUT2D eigenvalue weighted by Crippen LogP contribution is 2.23. The van der Waals surface area contributed by atoms with E-state index in [1.165, 1.54) is 12.1 Å². The van der Waals surface area contributed by atoms with Gasteiger partial charge >= 0.3 is 0 Å². The summed E-state index contributed by atoms with van der Waals surface area (Å²) in [6, 6.07) is 4.33. The second-order valence-corrected chi connectivity index (χ2v) is 5.56. The van der Waals surface area contributed by atoms with Gasteiger partial charge in [0.05, 0.1) is 5.56 Å². The third kappa shape index (κ3) is 3.69. The average molecular weight is 310 g/mol. The Hall–Kier alpha value is -1.69. The maximum absolute atomic E-state index is 13.8. The van der Waals surface area contributed by atoms with Gasteiger partial charge in [0.15, 0.2) is 6.10 Å². The fourth-order valence-electron chi connectivity index (χ4n) is 2.45. The van der Waals surface area contributed by atoms with Crippen LogP contribution in [0.15, 0.2) is 18.2 Å². The normalized spacial score (nSPS) is 16.4. The van der Waals surface area contributed by atoms with E-state index in [-0.39, 0.29) is 22.2 Å². The summed E-state index contributed by atoms with van der Waals surface area (Å²) in [5, 5.41) is 0. The van der Waals surface area contributed by atoms with Gasteiger partial charge in [-0.05, 0) is 38.3 Å². The molecular formula is C15H19FN2O2S. The predicted molar refractivity (Wildman–Crippen MR) is 82.8 cm³/mol. The molecule has 2 rings (SSSR count). The lowest BCUT2D eigenvalue weighted by Crippen LogP contribution is -2.43. The number of carbonyl (C=O) groups excluding carboxylic acids is 1. The first-order valence-electron chi connectivity index (χ1n) is 7.04. The number of nitrogens with zero attached hydrogens (tertiary/aromatic N) is 1. The minimum absolute atomic E-state index is 0.0470. The van der Waals surface area contributed by atoms with Crippen molar-refractivity contribution in [2.24, 2.45) is 5.73 Å². The molecule has 1 aliphatic heterocycles. The quantitative estimate of drug-likeness (QED) is 0.867. The van der Waals surface area contributed by atoms with Crippen LogP contribution in [0.2, 0.25) is 0 Å². The molecule has 1 aromatic rings. The van der Waals surface area contributed by atoms with Gasteiger partial charge in [-0.2, -0.15) is 0 Å². The fourth-order valence-corrected chi connectivity index (χ4v) is 2.65. The van der Waals surface area contributed by atoms with Crippen molar-refractivity contribution in [3.63, 3.8) is 0 Å². The van der Waals surface area contributed by atoms with Gasteiger partial charge < -0.3 is 15.4 Å². The molecule has 0 spiro atoms. The highest BCUT2D eigenvalue weighted by Gasteiger charge is 2.25. The number of carbonyl (C=O) groups is 1. The summed E-state index contributed by atoms with van der Waals surface area (Å²) < 4.78 is 19.4. The van der Waals surface area contributed by atoms with Crippen LogP contribution in [-0.2, 0) is 4.79 Å². The molecule has 2 N–H and O–H groups in total. The molecule has 1 aromatic carbocycles. The minimum atomic E-state index is -0.696. The van der Waals surface area contributed by atoms with E-state index in [2.05, 4.69) is 0 Å². The Morgan fingerprint density at radius 2 is 2.05 bits per heavy atom. The van der Waals surface area contributed by atoms with Crippen molar-refractivity contribution >= 4 is 23.1 Å². The molecule has 4 nitrogen and oxygen atoms in total. The molecule has 0 bridgehead atoms. The van der Waals surface area contributed by atoms with Crippen LogP contribution in [0.25, 0.3) is 0 Å². The number of halogens is 1. The molecule has 1 amide bonds. The van der Waals surface area contributed by atoms with Crippen LogP contribution in [0.1, 0.15) is 31.7 Å². The Morgan fingerprint density at radius 3 is 2.67 bits per heavy atom. The van der Waals surface area contributed by atoms with Gasteiger partial charge in [-0.25, -0.2) is 4.39 Å². The Kier molecular flexibility index (Phi) is 5.12. The number of rotatable bonds is 4. The summed E-state index contributed by atoms with van der Waals surface area (Å²) in [4.78, 5) is 14.0. The number of thiocarbonyl (C=S) groups is 1. The van der Waals surface area contributed by atoms with Crippen LogP contribution >= 0.6 is 12.2 Å². The van der Waals surface area contributed by atoms with Gasteiger partial charge in [-0.3, -0.25) is 4.79 Å². The maximum Gasteiger partial charge on any atom is 0.263 e. The Balaban J connectivity index is 2.12. The van der Waals surface area contributed by atoms with Crippen LogP contribution in [0, 0.1) is 5.82 Å². The standard InChI is InChI=1S/C15H19FN2O2S/c1-10(15(19)18-8-3-2-4-9-18)20-12-7-5-6-11(16)13(12)14(17)21/h5-7,10H,2-4,8-9H2,1H3,(H2,17,21). The lowest BCUT2D eigenvalue weighted by molar-refractivity contribution is -0.138. The Labute approximate surface area is 129 Å². The van der Waals surface area contributed by atoms with E-state index in [0.717, 1.165) is 32.4 Å². The third-order valence-corrected chi connectivity index (χ3v) is 3.75. The van der Waals surface area contributed by atoms with E-state index in [4.69, 9.17) is 22.7 Å². The van der Waals surface area contributed by atoms with Gasteiger partial charge in [0, 0.05) is 13.1 Å². The van der Waals surface area contributed by atoms with Crippen LogP contribution in [0.3, 0.4) is 0 Å². The zero-order valence-corrected chi connectivity index (χ0v) is 12.8. The van der Waals surface area contributed by atoms with E-state index in [1.54, 1.807) is 17.9 Å². The third-order valence-electron chi connectivity index (χ3n) is 3.54. The lowest BCUT2D eigenvalue weighted by Gasteiger charge is -2.29. The Bertz CT molecular complexity index is 544. The molecule has 0 aromatic heterocycles. The molecular weight excluding hydrogens is 291 g/mol. The van der Waals surface area contributed by atoms with E-state index in [9.17, 15) is 9.18 Å². The monoisotopic (exact) mass is 310 g/mol. The van der Waals surface area contributed by atoms with Crippen LogP contribution < -0.4 is 10.5 Å². The highest BCUT2D eigenvalue weighted by molar-refractivity contribution is 7.80. The molecule has 1 heterocycles. The zero-order valence-electron chi connectivity index (χ0n) is 12.0. The van der Waals surface area contributed by atoms with Gasteiger partial charge in [0.25, 0.3) is 5.91 Å². The molecule has 0 aliphatic carbocycles. The van der Waals surface area contributed by atoms with Gasteiger partial charge in [0.2, 0.25) is 0 Å². The molecule has 1 aliphatic rings. The van der Waals surface area contributed by atoms with Crippen molar-refractivity contribution in [3.8, 4) is 5.75 Å². The molecule has 1 atom stereocenters. The first-order chi connectivity index (χ1) is 10.0. The van der Waals surface area contributed by atoms with Crippen molar-refractivity contribution < 1.29 is 13.9 Å². The Morgan fingerprint density at radius 1 is 1.38 bits per heavy atom. The lowest BCUT2D eigenvalue weighted by atomic mass is 10.1. The van der Waals surface area contributed by atoms with E-state index in [1.807, 2.05) is 0 Å². The van der Waals surface area contributed by atoms with Crippen molar-refractivity contribution in [2.75, 3.05) is 13.1 Å². The summed E-state index contributed by atoms with van der Waals surface area (Å²) in [6.45, 7) is 3.15. The van der Waals surface area contributed by atoms with E-state index in [0.29, 0.717) is 0 Å². The van der Waals surface area contributed by atoms with Crippen LogP contribution in [-0.4, -0.2) is 35.0 Å². The number of piperidine rings is 1. The molecule has 6 heteroatoms. The number of amides is 1. The molecule has 21 heavy (non-hydrogen) atoms. The minimum Gasteiger partial charge on any atom is -0.480 e. The molecule has 1 unspecified atom stereocenters. The summed E-state index contributed by atoms with van der Waals surface area (Å²) in [6.07, 6.45) is 2.47. The van der Waals surface area contributed by atoms with Gasteiger partial charge in [-0.15, -0.1) is 0 Å². The molecule has 0 radical (unpaired) electrons. The average Bonchev–Trinajstić information content (AvgIpc) is 2.47. The number of hydrogen-bond donors (Lipinski definition) is 1. The number of benzene rings is 1. The van der Waals surface area contributed by atoms with Crippen molar-refractivity contribution in [1.82, 2.24) is 4.90 Å². The van der Waals surface area contributed by atoms with E-state index >= 15 is 0 Å². The van der Waals surface area contributed by atoms with Crippen LogP contribution in [0.5, 0.6) is 5.75 Å². The number of ether oxygens (including phenoxy) is 1.